The monoisotopic (exact) mass is 591 g/mol. The first-order valence-corrected chi connectivity index (χ1v) is 14.1. The van der Waals surface area contributed by atoms with Gasteiger partial charge in [0, 0.05) is 51.1 Å². The van der Waals surface area contributed by atoms with Gasteiger partial charge in [0.2, 0.25) is 11.9 Å². The molecule has 0 bridgehead atoms. The molecule has 43 heavy (non-hydrogen) atoms. The van der Waals surface area contributed by atoms with Crippen molar-refractivity contribution in [2.45, 2.75) is 31.5 Å². The number of aliphatic imine (C=N–C) groups is 1. The van der Waals surface area contributed by atoms with Crippen LogP contribution in [0.1, 0.15) is 41.5 Å². The van der Waals surface area contributed by atoms with Gasteiger partial charge < -0.3 is 10.2 Å². The highest BCUT2D eigenvalue weighted by molar-refractivity contribution is 6.08. The zero-order valence-corrected chi connectivity index (χ0v) is 24.0. The SMILES string of the molecule is CN(C)C(=O)/C=C/CN1CCCC(Nc2ccc(/C(=C(/CC(F)(F)F)c3ccccc3)c3ccc4c(c3)C(F)=N4)cn2)C1. The van der Waals surface area contributed by atoms with E-state index in [1.165, 1.54) is 4.90 Å². The summed E-state index contributed by atoms with van der Waals surface area (Å²) in [5.74, 6) is -0.0781. The molecule has 1 amide bonds. The average molecular weight is 592 g/mol. The number of benzene rings is 2. The Bertz CT molecular complexity index is 1550. The molecule has 2 aromatic carbocycles. The predicted octanol–water partition coefficient (Wildman–Crippen LogP) is 6.88. The first-order chi connectivity index (χ1) is 20.6. The Morgan fingerprint density at radius 1 is 1.07 bits per heavy atom. The van der Waals surface area contributed by atoms with Gasteiger partial charge >= 0.3 is 6.18 Å². The standard InChI is InChI=1S/C33H33F4N5O/c1-41(2)30(43)11-7-17-42-16-6-10-25(21-42)39-29-15-13-24(20-38-29)31(23-12-14-28-26(18-23)32(34)40-28)27(19-33(35,36)37)22-8-4-3-5-9-22/h3-5,7-9,11-15,18,20,25H,6,10,16-17,19,21H2,1-2H3,(H,38,39)/b11-7+,31-27-. The number of amides is 1. The van der Waals surface area contributed by atoms with Crippen LogP contribution in [0.4, 0.5) is 29.1 Å². The Morgan fingerprint density at radius 3 is 2.51 bits per heavy atom. The number of hydrogen-bond donors (Lipinski definition) is 1. The van der Waals surface area contributed by atoms with Crippen molar-refractivity contribution in [2.75, 3.05) is 39.0 Å². The zero-order valence-electron chi connectivity index (χ0n) is 24.0. The first kappa shape index (κ1) is 30.2. The number of carbonyl (C=O) groups excluding carboxylic acids is 1. The Morgan fingerprint density at radius 2 is 1.84 bits per heavy atom. The van der Waals surface area contributed by atoms with Crippen LogP contribution in [-0.4, -0.2) is 72.6 Å². The summed E-state index contributed by atoms with van der Waals surface area (Å²) in [7, 11) is 3.42. The molecule has 5 rings (SSSR count). The average Bonchev–Trinajstić information content (AvgIpc) is 2.97. The number of likely N-dealkylation sites (tertiary alicyclic amines) is 1. The maximum absolute atomic E-state index is 14.1. The molecule has 0 saturated carbocycles. The highest BCUT2D eigenvalue weighted by Gasteiger charge is 2.32. The summed E-state index contributed by atoms with van der Waals surface area (Å²) in [6, 6.07) is 16.9. The number of carbonyl (C=O) groups is 1. The molecule has 0 spiro atoms. The molecular weight excluding hydrogens is 558 g/mol. The molecule has 2 aliphatic rings. The Balaban J connectivity index is 1.42. The minimum Gasteiger partial charge on any atom is -0.366 e. The van der Waals surface area contributed by atoms with Gasteiger partial charge in [0.15, 0.2) is 0 Å². The zero-order chi connectivity index (χ0) is 30.6. The lowest BCUT2D eigenvalue weighted by atomic mass is 9.87. The highest BCUT2D eigenvalue weighted by atomic mass is 19.4. The number of pyridine rings is 1. The van der Waals surface area contributed by atoms with Crippen LogP contribution >= 0.6 is 0 Å². The van der Waals surface area contributed by atoms with Crippen molar-refractivity contribution in [3.05, 3.63) is 101 Å². The van der Waals surface area contributed by atoms with Crippen molar-refractivity contribution in [2.24, 2.45) is 4.99 Å². The quantitative estimate of drug-likeness (QED) is 0.168. The van der Waals surface area contributed by atoms with E-state index in [4.69, 9.17) is 0 Å². The van der Waals surface area contributed by atoms with E-state index in [-0.39, 0.29) is 23.1 Å². The van der Waals surface area contributed by atoms with Crippen molar-refractivity contribution >= 4 is 34.5 Å². The Kier molecular flexibility index (Phi) is 9.05. The normalized spacial score (nSPS) is 17.5. The number of nitrogens with zero attached hydrogens (tertiary/aromatic N) is 4. The van der Waals surface area contributed by atoms with Crippen molar-refractivity contribution in [1.82, 2.24) is 14.8 Å². The first-order valence-electron chi connectivity index (χ1n) is 14.1. The third kappa shape index (κ3) is 7.56. The fraction of sp³-hybridized carbons (Fsp3) is 0.303. The summed E-state index contributed by atoms with van der Waals surface area (Å²) in [6.45, 7) is 2.35. The number of likely N-dealkylation sites (N-methyl/N-ethyl adjacent to an activating group) is 1. The van der Waals surface area contributed by atoms with Crippen LogP contribution in [0, 0.1) is 0 Å². The van der Waals surface area contributed by atoms with Gasteiger partial charge in [-0.05, 0) is 65.9 Å². The molecule has 224 valence electrons. The molecule has 3 aromatic rings. The number of alkyl halides is 3. The molecule has 1 atom stereocenters. The van der Waals surface area contributed by atoms with E-state index < -0.39 is 18.6 Å². The van der Waals surface area contributed by atoms with E-state index in [0.29, 0.717) is 40.3 Å². The summed E-state index contributed by atoms with van der Waals surface area (Å²) in [5, 5.41) is 3.45. The molecule has 0 radical (unpaired) electrons. The maximum Gasteiger partial charge on any atom is 0.393 e. The molecule has 1 aromatic heterocycles. The number of piperidine rings is 1. The second kappa shape index (κ2) is 12.9. The molecule has 6 nitrogen and oxygen atoms in total. The van der Waals surface area contributed by atoms with Crippen LogP contribution < -0.4 is 5.32 Å². The summed E-state index contributed by atoms with van der Waals surface area (Å²) in [5.41, 5.74) is 2.55. The summed E-state index contributed by atoms with van der Waals surface area (Å²) in [4.78, 5) is 23.9. The number of fused-ring (bicyclic) bond motifs is 1. The second-order valence-electron chi connectivity index (χ2n) is 11.0. The molecule has 1 unspecified atom stereocenters. The van der Waals surface area contributed by atoms with E-state index in [1.807, 2.05) is 6.08 Å². The minimum atomic E-state index is -4.47. The third-order valence-electron chi connectivity index (χ3n) is 7.50. The molecule has 2 aliphatic heterocycles. The number of rotatable bonds is 9. The van der Waals surface area contributed by atoms with Crippen LogP contribution in [0.5, 0.6) is 0 Å². The fourth-order valence-electron chi connectivity index (χ4n) is 5.38. The van der Waals surface area contributed by atoms with Gasteiger partial charge in [0.1, 0.15) is 5.82 Å². The lowest BCUT2D eigenvalue weighted by molar-refractivity contribution is -0.124. The summed E-state index contributed by atoms with van der Waals surface area (Å²) < 4.78 is 55.9. The molecule has 1 fully saturated rings. The molecule has 1 N–H and O–H groups in total. The topological polar surface area (TPSA) is 60.8 Å². The van der Waals surface area contributed by atoms with E-state index in [2.05, 4.69) is 20.2 Å². The number of halogens is 4. The van der Waals surface area contributed by atoms with Crippen molar-refractivity contribution in [1.29, 1.82) is 0 Å². The van der Waals surface area contributed by atoms with Gasteiger partial charge in [0.05, 0.1) is 17.7 Å². The van der Waals surface area contributed by atoms with Crippen molar-refractivity contribution in [3.8, 4) is 0 Å². The predicted molar refractivity (Wildman–Crippen MR) is 162 cm³/mol. The van der Waals surface area contributed by atoms with E-state index in [0.717, 1.165) is 25.9 Å². The Hall–Kier alpha value is -4.31. The minimum absolute atomic E-state index is 0.0577. The smallest absolute Gasteiger partial charge is 0.366 e. The van der Waals surface area contributed by atoms with E-state index >= 15 is 0 Å². The van der Waals surface area contributed by atoms with Crippen LogP contribution in [0.15, 0.2) is 84.0 Å². The number of anilines is 1. The third-order valence-corrected chi connectivity index (χ3v) is 7.50. The highest BCUT2D eigenvalue weighted by Crippen LogP contribution is 2.41. The van der Waals surface area contributed by atoms with E-state index in [1.54, 1.807) is 87.0 Å². The fourth-order valence-corrected chi connectivity index (χ4v) is 5.38. The van der Waals surface area contributed by atoms with Crippen molar-refractivity contribution < 1.29 is 22.4 Å². The number of allylic oxidation sites excluding steroid dienone is 1. The second-order valence-corrected chi connectivity index (χ2v) is 11.0. The van der Waals surface area contributed by atoms with Crippen LogP contribution in [0.3, 0.4) is 0 Å². The van der Waals surface area contributed by atoms with E-state index in [9.17, 15) is 22.4 Å². The Labute approximate surface area is 248 Å². The van der Waals surface area contributed by atoms with Gasteiger partial charge in [-0.15, -0.1) is 0 Å². The van der Waals surface area contributed by atoms with Crippen molar-refractivity contribution in [3.63, 3.8) is 0 Å². The van der Waals surface area contributed by atoms with Gasteiger partial charge in [-0.25, -0.2) is 9.98 Å². The van der Waals surface area contributed by atoms with Crippen LogP contribution in [0.2, 0.25) is 0 Å². The molecule has 10 heteroatoms. The van der Waals surface area contributed by atoms with Gasteiger partial charge in [0.25, 0.3) is 0 Å². The number of aromatic nitrogens is 1. The molecule has 1 saturated heterocycles. The van der Waals surface area contributed by atoms with Crippen LogP contribution in [0.25, 0.3) is 11.1 Å². The maximum atomic E-state index is 14.1. The van der Waals surface area contributed by atoms with Crippen LogP contribution in [-0.2, 0) is 4.79 Å². The van der Waals surface area contributed by atoms with Gasteiger partial charge in [-0.3, -0.25) is 9.69 Å². The summed E-state index contributed by atoms with van der Waals surface area (Å²) >= 11 is 0. The lowest BCUT2D eigenvalue weighted by Crippen LogP contribution is -2.42. The summed E-state index contributed by atoms with van der Waals surface area (Å²) in [6.07, 6.45) is 1.30. The molecule has 0 aliphatic carbocycles. The number of hydrogen-bond acceptors (Lipinski definition) is 5. The van der Waals surface area contributed by atoms with Gasteiger partial charge in [-0.2, -0.15) is 17.6 Å². The number of nitrogens with one attached hydrogen (secondary N) is 1. The largest absolute Gasteiger partial charge is 0.393 e. The van der Waals surface area contributed by atoms with Gasteiger partial charge in [-0.1, -0.05) is 42.5 Å². The molecule has 3 heterocycles. The lowest BCUT2D eigenvalue weighted by Gasteiger charge is -2.32. The molecular formula is C33H33F4N5O.